The molecule has 2 aromatic carbocycles. The highest BCUT2D eigenvalue weighted by Gasteiger charge is 2.42. The first kappa shape index (κ1) is 23.1. The summed E-state index contributed by atoms with van der Waals surface area (Å²) in [5.74, 6) is 1.54. The Kier molecular flexibility index (Phi) is 5.73. The second-order valence-corrected chi connectivity index (χ2v) is 10.4. The van der Waals surface area contributed by atoms with Gasteiger partial charge in [-0.3, -0.25) is 4.98 Å². The van der Waals surface area contributed by atoms with Crippen LogP contribution in [0.3, 0.4) is 0 Å². The highest BCUT2D eigenvalue weighted by Crippen LogP contribution is 2.44. The number of nitrogens with one attached hydrogen (secondary N) is 1. The number of aryl methyl sites for hydroxylation is 2. The van der Waals surface area contributed by atoms with Gasteiger partial charge in [0, 0.05) is 39.5 Å². The van der Waals surface area contributed by atoms with Crippen molar-refractivity contribution in [1.82, 2.24) is 14.9 Å². The molecule has 8 heteroatoms. The average Bonchev–Trinajstić information content (AvgIpc) is 3.56. The van der Waals surface area contributed by atoms with E-state index in [-0.39, 0.29) is 18.9 Å². The predicted molar refractivity (Wildman–Crippen MR) is 148 cm³/mol. The van der Waals surface area contributed by atoms with Gasteiger partial charge in [-0.15, -0.1) is 0 Å². The van der Waals surface area contributed by atoms with Gasteiger partial charge in [0.15, 0.2) is 16.6 Å². The summed E-state index contributed by atoms with van der Waals surface area (Å²) in [7, 11) is 0. The molecule has 2 aliphatic heterocycles. The number of pyridine rings is 1. The Morgan fingerprint density at radius 2 is 1.78 bits per heavy atom. The van der Waals surface area contributed by atoms with E-state index in [0.717, 1.165) is 50.0 Å². The number of benzene rings is 2. The lowest BCUT2D eigenvalue weighted by molar-refractivity contribution is 0.174. The summed E-state index contributed by atoms with van der Waals surface area (Å²) in [5, 5.41) is 4.25. The van der Waals surface area contributed by atoms with Crippen LogP contribution in [0.15, 0.2) is 71.3 Å². The first-order chi connectivity index (χ1) is 17.4. The van der Waals surface area contributed by atoms with Crippen LogP contribution in [0.25, 0.3) is 5.69 Å². The van der Waals surface area contributed by atoms with Gasteiger partial charge in [0.25, 0.3) is 0 Å². The second-order valence-electron chi connectivity index (χ2n) is 9.13. The molecule has 36 heavy (non-hydrogen) atoms. The van der Waals surface area contributed by atoms with Crippen LogP contribution in [0.4, 0.5) is 5.69 Å². The summed E-state index contributed by atoms with van der Waals surface area (Å²) in [4.78, 5) is 6.92. The number of ether oxygens (including phenoxy) is 2. The Hall–Kier alpha value is -3.36. The Balaban J connectivity index is 1.50. The van der Waals surface area contributed by atoms with Crippen molar-refractivity contribution >= 4 is 38.9 Å². The van der Waals surface area contributed by atoms with Crippen LogP contribution in [0.1, 0.15) is 40.3 Å². The molecule has 4 heterocycles. The van der Waals surface area contributed by atoms with Crippen LogP contribution < -0.4 is 19.7 Å². The van der Waals surface area contributed by atoms with Gasteiger partial charge in [0.2, 0.25) is 6.79 Å². The van der Waals surface area contributed by atoms with E-state index < -0.39 is 0 Å². The van der Waals surface area contributed by atoms with Crippen LogP contribution in [-0.4, -0.2) is 21.5 Å². The van der Waals surface area contributed by atoms with Gasteiger partial charge in [-0.05, 0) is 92.6 Å². The molecule has 2 aliphatic rings. The van der Waals surface area contributed by atoms with Crippen molar-refractivity contribution < 1.29 is 9.47 Å². The molecule has 2 unspecified atom stereocenters. The van der Waals surface area contributed by atoms with Gasteiger partial charge < -0.3 is 24.3 Å². The maximum absolute atomic E-state index is 5.92. The topological polar surface area (TPSA) is 51.6 Å². The number of rotatable bonds is 4. The zero-order valence-corrected chi connectivity index (χ0v) is 22.6. The minimum Gasteiger partial charge on any atom is -0.454 e. The van der Waals surface area contributed by atoms with Crippen LogP contribution in [0, 0.1) is 20.8 Å². The summed E-state index contributed by atoms with van der Waals surface area (Å²) in [6, 6.07) is 20.5. The van der Waals surface area contributed by atoms with Gasteiger partial charge in [-0.2, -0.15) is 0 Å². The molecule has 1 saturated heterocycles. The normalized spacial score (nSPS) is 18.6. The molecule has 0 amide bonds. The molecule has 0 saturated carbocycles. The minimum absolute atomic E-state index is 0.0815. The van der Waals surface area contributed by atoms with E-state index in [0.29, 0.717) is 5.11 Å². The fraction of sp³-hybridized carbons (Fsp3) is 0.214. The lowest BCUT2D eigenvalue weighted by atomic mass is 9.96. The molecule has 1 fully saturated rings. The molecule has 0 aliphatic carbocycles. The summed E-state index contributed by atoms with van der Waals surface area (Å²) < 4.78 is 14.5. The molecule has 182 valence electrons. The minimum atomic E-state index is -0.103. The van der Waals surface area contributed by atoms with Crippen LogP contribution in [-0.2, 0) is 0 Å². The second kappa shape index (κ2) is 8.94. The van der Waals surface area contributed by atoms with Crippen LogP contribution in [0.2, 0.25) is 0 Å². The number of nitrogens with zero attached hydrogens (tertiary/aromatic N) is 3. The molecule has 0 bridgehead atoms. The lowest BCUT2D eigenvalue weighted by Gasteiger charge is -2.28. The molecule has 0 spiro atoms. The number of hydrogen-bond donors (Lipinski definition) is 1. The fourth-order valence-corrected chi connectivity index (χ4v) is 5.83. The number of anilines is 1. The van der Waals surface area contributed by atoms with Crippen molar-refractivity contribution in [2.75, 3.05) is 11.7 Å². The smallest absolute Gasteiger partial charge is 0.231 e. The monoisotopic (exact) mass is 560 g/mol. The quantitative estimate of drug-likeness (QED) is 0.289. The number of thiocarbonyl (C=S) groups is 1. The SMILES string of the molecule is Cc1cc(N2C(=S)NC(c3ccccn3)C2c2cc(C)n(-c3ccc4c(c3)OCO4)c2C)ccc1Br. The number of hydrogen-bond acceptors (Lipinski definition) is 4. The van der Waals surface area contributed by atoms with Gasteiger partial charge in [0.1, 0.15) is 0 Å². The Labute approximate surface area is 224 Å². The lowest BCUT2D eigenvalue weighted by Crippen LogP contribution is -2.29. The third-order valence-electron chi connectivity index (χ3n) is 6.92. The molecule has 6 nitrogen and oxygen atoms in total. The molecule has 1 N–H and O–H groups in total. The molecule has 4 aromatic rings. The zero-order valence-electron chi connectivity index (χ0n) is 20.2. The average molecular weight is 562 g/mol. The van der Waals surface area contributed by atoms with Crippen molar-refractivity contribution in [3.8, 4) is 17.2 Å². The number of halogens is 1. The van der Waals surface area contributed by atoms with Crippen molar-refractivity contribution in [2.24, 2.45) is 0 Å². The molecule has 6 rings (SSSR count). The number of fused-ring (bicyclic) bond motifs is 1. The van der Waals surface area contributed by atoms with E-state index in [1.165, 1.54) is 5.56 Å². The van der Waals surface area contributed by atoms with E-state index in [2.05, 4.69) is 87.9 Å². The predicted octanol–water partition coefficient (Wildman–Crippen LogP) is 6.47. The van der Waals surface area contributed by atoms with Crippen molar-refractivity contribution in [3.05, 3.63) is 99.5 Å². The molecule has 2 atom stereocenters. The number of aromatic nitrogens is 2. The van der Waals surface area contributed by atoms with Crippen molar-refractivity contribution in [1.29, 1.82) is 0 Å². The summed E-state index contributed by atoms with van der Waals surface area (Å²) in [6.45, 7) is 6.64. The Bertz CT molecular complexity index is 1490. The largest absolute Gasteiger partial charge is 0.454 e. The zero-order chi connectivity index (χ0) is 25.0. The fourth-order valence-electron chi connectivity index (χ4n) is 5.24. The Morgan fingerprint density at radius 3 is 2.56 bits per heavy atom. The van der Waals surface area contributed by atoms with Crippen molar-refractivity contribution in [3.63, 3.8) is 0 Å². The standard InChI is InChI=1S/C28H25BrN4O2S/c1-16-12-19(7-9-22(16)29)33-27(26(31-28(33)36)23-6-4-5-11-30-23)21-13-17(2)32(18(21)3)20-8-10-24-25(14-20)35-15-34-24/h4-14,26-27H,15H2,1-3H3,(H,31,36). The van der Waals surface area contributed by atoms with Gasteiger partial charge in [-0.25, -0.2) is 0 Å². The van der Waals surface area contributed by atoms with Crippen molar-refractivity contribution in [2.45, 2.75) is 32.9 Å². The molecular formula is C28H25BrN4O2S. The molecular weight excluding hydrogens is 536 g/mol. The highest BCUT2D eigenvalue weighted by molar-refractivity contribution is 9.10. The Morgan fingerprint density at radius 1 is 0.972 bits per heavy atom. The van der Waals surface area contributed by atoms with Crippen LogP contribution in [0.5, 0.6) is 11.5 Å². The van der Waals surface area contributed by atoms with Gasteiger partial charge in [-0.1, -0.05) is 22.0 Å². The third kappa shape index (κ3) is 3.76. The maximum Gasteiger partial charge on any atom is 0.231 e. The van der Waals surface area contributed by atoms with E-state index in [9.17, 15) is 0 Å². The summed E-state index contributed by atoms with van der Waals surface area (Å²) in [5.41, 5.74) is 7.65. The molecule has 0 radical (unpaired) electrons. The molecule has 2 aromatic heterocycles. The van der Waals surface area contributed by atoms with E-state index >= 15 is 0 Å². The first-order valence-corrected chi connectivity index (χ1v) is 13.0. The summed E-state index contributed by atoms with van der Waals surface area (Å²) >= 11 is 9.56. The van der Waals surface area contributed by atoms with E-state index in [4.69, 9.17) is 26.7 Å². The summed E-state index contributed by atoms with van der Waals surface area (Å²) in [6.07, 6.45) is 1.83. The first-order valence-electron chi connectivity index (χ1n) is 11.8. The van der Waals surface area contributed by atoms with E-state index in [1.54, 1.807) is 0 Å². The maximum atomic E-state index is 5.92. The highest BCUT2D eigenvalue weighted by atomic mass is 79.9. The third-order valence-corrected chi connectivity index (χ3v) is 8.13. The van der Waals surface area contributed by atoms with E-state index in [1.807, 2.05) is 30.5 Å². The van der Waals surface area contributed by atoms with Gasteiger partial charge >= 0.3 is 0 Å². The van der Waals surface area contributed by atoms with Gasteiger partial charge in [0.05, 0.1) is 17.8 Å². The van der Waals surface area contributed by atoms with Crippen LogP contribution >= 0.6 is 28.1 Å².